The number of hydrogen-bond donors (Lipinski definition) is 0. The minimum atomic E-state index is 0.113. The molecule has 2 atom stereocenters. The van der Waals surface area contributed by atoms with Gasteiger partial charge in [0.1, 0.15) is 5.69 Å². The fraction of sp³-hybridized carbons (Fsp3) is 0.667. The molecule has 3 heterocycles. The molecule has 1 amide bonds. The molecular formula is C18H25N3O2S. The Morgan fingerprint density at radius 3 is 2.92 bits per heavy atom. The lowest BCUT2D eigenvalue weighted by atomic mass is 9.93. The average molecular weight is 347 g/mol. The topological polar surface area (TPSA) is 45.7 Å². The normalized spacial score (nSPS) is 27.7. The molecule has 0 spiro atoms. The molecule has 6 heteroatoms. The van der Waals surface area contributed by atoms with Crippen LogP contribution in [0.3, 0.4) is 0 Å². The maximum Gasteiger partial charge on any atom is 0.272 e. The first kappa shape index (κ1) is 16.2. The molecule has 2 aliphatic heterocycles. The van der Waals surface area contributed by atoms with Crippen LogP contribution in [0.2, 0.25) is 0 Å². The number of thioether (sulfide) groups is 1. The fourth-order valence-electron chi connectivity index (χ4n) is 4.05. The number of morpholine rings is 1. The van der Waals surface area contributed by atoms with Crippen molar-refractivity contribution in [3.05, 3.63) is 24.0 Å². The Kier molecular flexibility index (Phi) is 4.94. The van der Waals surface area contributed by atoms with Gasteiger partial charge in [-0.3, -0.25) is 9.78 Å². The van der Waals surface area contributed by atoms with E-state index in [9.17, 15) is 4.79 Å². The summed E-state index contributed by atoms with van der Waals surface area (Å²) in [4.78, 5) is 21.9. The van der Waals surface area contributed by atoms with Gasteiger partial charge in [0.05, 0.1) is 13.2 Å². The van der Waals surface area contributed by atoms with Crippen LogP contribution in [0, 0.1) is 0 Å². The molecule has 0 radical (unpaired) electrons. The molecular weight excluding hydrogens is 322 g/mol. The Bertz CT molecular complexity index is 589. The van der Waals surface area contributed by atoms with Crippen molar-refractivity contribution < 1.29 is 9.53 Å². The summed E-state index contributed by atoms with van der Waals surface area (Å²) in [7, 11) is 0. The molecule has 1 aliphatic carbocycles. The number of aromatic nitrogens is 1. The highest BCUT2D eigenvalue weighted by atomic mass is 32.2. The summed E-state index contributed by atoms with van der Waals surface area (Å²) < 4.78 is 5.42. The summed E-state index contributed by atoms with van der Waals surface area (Å²) >= 11 is 2.05. The summed E-state index contributed by atoms with van der Waals surface area (Å²) in [5, 5.41) is 0.624. The number of carbonyl (C=O) groups is 1. The highest BCUT2D eigenvalue weighted by Gasteiger charge is 2.37. The van der Waals surface area contributed by atoms with E-state index >= 15 is 0 Å². The van der Waals surface area contributed by atoms with Crippen LogP contribution in [0.5, 0.6) is 0 Å². The molecule has 1 saturated carbocycles. The summed E-state index contributed by atoms with van der Waals surface area (Å²) in [6.45, 7) is 4.11. The second-order valence-electron chi connectivity index (χ2n) is 6.76. The van der Waals surface area contributed by atoms with Crippen LogP contribution < -0.4 is 4.90 Å². The van der Waals surface area contributed by atoms with Crippen LogP contribution in [0.4, 0.5) is 5.69 Å². The second-order valence-corrected chi connectivity index (χ2v) is 8.11. The second kappa shape index (κ2) is 7.31. The molecule has 0 bridgehead atoms. The number of carbonyl (C=O) groups excluding carboxylic acids is 1. The molecule has 0 N–H and O–H groups in total. The molecule has 5 nitrogen and oxygen atoms in total. The average Bonchev–Trinajstić information content (AvgIpc) is 2.68. The number of fused-ring (bicyclic) bond motifs is 1. The van der Waals surface area contributed by atoms with Gasteiger partial charge in [0, 0.05) is 48.6 Å². The number of anilines is 1. The lowest BCUT2D eigenvalue weighted by Gasteiger charge is -2.43. The highest BCUT2D eigenvalue weighted by molar-refractivity contribution is 8.00. The Morgan fingerprint density at radius 2 is 2.04 bits per heavy atom. The SMILES string of the molecule is O=C(c1cc(N2CCOCC2)ccn1)N1CCS[C@@H]2CCCC[C@H]21. The van der Waals surface area contributed by atoms with E-state index in [1.807, 2.05) is 12.1 Å². The van der Waals surface area contributed by atoms with Gasteiger partial charge in [0.2, 0.25) is 0 Å². The van der Waals surface area contributed by atoms with E-state index in [4.69, 9.17) is 4.74 Å². The van der Waals surface area contributed by atoms with Crippen LogP contribution >= 0.6 is 11.8 Å². The number of nitrogens with zero attached hydrogens (tertiary/aromatic N) is 3. The van der Waals surface area contributed by atoms with Crippen molar-refractivity contribution in [2.24, 2.45) is 0 Å². The molecule has 1 aromatic rings. The van der Waals surface area contributed by atoms with Crippen molar-refractivity contribution in [3.8, 4) is 0 Å². The number of hydrogen-bond acceptors (Lipinski definition) is 5. The highest BCUT2D eigenvalue weighted by Crippen LogP contribution is 2.36. The van der Waals surface area contributed by atoms with Gasteiger partial charge >= 0.3 is 0 Å². The molecule has 24 heavy (non-hydrogen) atoms. The minimum Gasteiger partial charge on any atom is -0.378 e. The third-order valence-corrected chi connectivity index (χ3v) is 6.73. The zero-order chi connectivity index (χ0) is 16.4. The fourth-order valence-corrected chi connectivity index (χ4v) is 5.49. The lowest BCUT2D eigenvalue weighted by Crippen LogP contribution is -2.51. The zero-order valence-electron chi connectivity index (χ0n) is 14.0. The van der Waals surface area contributed by atoms with E-state index in [-0.39, 0.29) is 5.91 Å². The smallest absolute Gasteiger partial charge is 0.272 e. The Balaban J connectivity index is 1.53. The van der Waals surface area contributed by atoms with E-state index in [0.717, 1.165) is 50.7 Å². The standard InChI is InChI=1S/C18H25N3O2S/c22-18(21-9-12-24-17-4-2-1-3-16(17)21)15-13-14(5-6-19-15)20-7-10-23-11-8-20/h5-6,13,16-17H,1-4,7-12H2/t16-,17-/m1/s1. The van der Waals surface area contributed by atoms with Crippen LogP contribution in [0.25, 0.3) is 0 Å². The van der Waals surface area contributed by atoms with E-state index in [1.54, 1.807) is 6.20 Å². The molecule has 4 rings (SSSR count). The van der Waals surface area contributed by atoms with Gasteiger partial charge in [-0.15, -0.1) is 0 Å². The number of amides is 1. The Hall–Kier alpha value is -1.27. The predicted octanol–water partition coefficient (Wildman–Crippen LogP) is 2.42. The molecule has 3 fully saturated rings. The number of ether oxygens (including phenoxy) is 1. The van der Waals surface area contributed by atoms with Gasteiger partial charge in [-0.25, -0.2) is 0 Å². The number of pyridine rings is 1. The lowest BCUT2D eigenvalue weighted by molar-refractivity contribution is 0.0640. The molecule has 0 unspecified atom stereocenters. The largest absolute Gasteiger partial charge is 0.378 e. The summed E-state index contributed by atoms with van der Waals surface area (Å²) in [6.07, 6.45) is 6.72. The van der Waals surface area contributed by atoms with Crippen LogP contribution in [-0.2, 0) is 4.74 Å². The van der Waals surface area contributed by atoms with Crippen molar-refractivity contribution in [2.75, 3.05) is 43.5 Å². The number of rotatable bonds is 2. The molecule has 0 aromatic carbocycles. The first-order valence-corrected chi connectivity index (χ1v) is 10.1. The van der Waals surface area contributed by atoms with Gasteiger partial charge in [-0.2, -0.15) is 11.8 Å². The van der Waals surface area contributed by atoms with Crippen LogP contribution in [0.1, 0.15) is 36.2 Å². The third-order valence-electron chi connectivity index (χ3n) is 5.33. The van der Waals surface area contributed by atoms with E-state index < -0.39 is 0 Å². The monoisotopic (exact) mass is 347 g/mol. The van der Waals surface area contributed by atoms with Crippen LogP contribution in [0.15, 0.2) is 18.3 Å². The van der Waals surface area contributed by atoms with E-state index in [1.165, 1.54) is 19.3 Å². The predicted molar refractivity (Wildman–Crippen MR) is 96.8 cm³/mol. The maximum atomic E-state index is 13.1. The van der Waals surface area contributed by atoms with Crippen molar-refractivity contribution in [1.29, 1.82) is 0 Å². The Labute approximate surface area is 147 Å². The van der Waals surface area contributed by atoms with Crippen LogP contribution in [-0.4, -0.2) is 65.7 Å². The third kappa shape index (κ3) is 3.26. The van der Waals surface area contributed by atoms with Crippen molar-refractivity contribution in [3.63, 3.8) is 0 Å². The quantitative estimate of drug-likeness (QED) is 0.822. The summed E-state index contributed by atoms with van der Waals surface area (Å²) in [5.74, 6) is 1.16. The minimum absolute atomic E-state index is 0.113. The Morgan fingerprint density at radius 1 is 1.21 bits per heavy atom. The van der Waals surface area contributed by atoms with Crippen molar-refractivity contribution >= 4 is 23.4 Å². The van der Waals surface area contributed by atoms with E-state index in [0.29, 0.717) is 17.0 Å². The van der Waals surface area contributed by atoms with E-state index in [2.05, 4.69) is 26.5 Å². The molecule has 3 aliphatic rings. The zero-order valence-corrected chi connectivity index (χ0v) is 14.8. The first-order valence-electron chi connectivity index (χ1n) is 9.04. The van der Waals surface area contributed by atoms with Gasteiger partial charge in [0.15, 0.2) is 0 Å². The van der Waals surface area contributed by atoms with Gasteiger partial charge in [-0.1, -0.05) is 12.8 Å². The summed E-state index contributed by atoms with van der Waals surface area (Å²) in [6, 6.07) is 4.36. The van der Waals surface area contributed by atoms with Gasteiger partial charge in [-0.05, 0) is 25.0 Å². The molecule has 1 aromatic heterocycles. The van der Waals surface area contributed by atoms with Gasteiger partial charge < -0.3 is 14.5 Å². The molecule has 2 saturated heterocycles. The van der Waals surface area contributed by atoms with Crippen molar-refractivity contribution in [1.82, 2.24) is 9.88 Å². The maximum absolute atomic E-state index is 13.1. The molecule has 130 valence electrons. The first-order chi connectivity index (χ1) is 11.8. The van der Waals surface area contributed by atoms with Gasteiger partial charge in [0.25, 0.3) is 5.91 Å². The van der Waals surface area contributed by atoms with Crippen molar-refractivity contribution in [2.45, 2.75) is 37.0 Å². The summed E-state index contributed by atoms with van der Waals surface area (Å²) in [5.41, 5.74) is 1.68.